The van der Waals surface area contributed by atoms with Gasteiger partial charge in [-0.3, -0.25) is 9.78 Å². The number of hydrogen-bond acceptors (Lipinski definition) is 3. The summed E-state index contributed by atoms with van der Waals surface area (Å²) in [6.07, 6.45) is 3.50. The molecule has 100 valence electrons. The third kappa shape index (κ3) is 1.95. The summed E-state index contributed by atoms with van der Waals surface area (Å²) in [6, 6.07) is 11.7. The molecule has 2 aromatic heterocycles. The first-order valence-electron chi connectivity index (χ1n) is 6.44. The van der Waals surface area contributed by atoms with E-state index in [9.17, 15) is 4.79 Å². The number of rotatable bonds is 3. The van der Waals surface area contributed by atoms with Gasteiger partial charge in [-0.25, -0.2) is 0 Å². The molecular weight excluding hydrogens is 250 g/mol. The molecule has 0 spiro atoms. The fourth-order valence-electron chi connectivity index (χ4n) is 2.42. The minimum absolute atomic E-state index is 0.0493. The summed E-state index contributed by atoms with van der Waals surface area (Å²) in [5.41, 5.74) is 2.61. The molecule has 0 aliphatic rings. The van der Waals surface area contributed by atoms with Crippen LogP contribution in [0.5, 0.6) is 0 Å². The molecular formula is C16H15N3O. The number of carbonyl (C=O) groups is 1. The average molecular weight is 265 g/mol. The molecule has 0 saturated carbocycles. The monoisotopic (exact) mass is 265 g/mol. The van der Waals surface area contributed by atoms with E-state index in [1.807, 2.05) is 48.3 Å². The molecule has 4 heteroatoms. The Kier molecular flexibility index (Phi) is 2.99. The number of Topliss-reactive ketones (excluding diaryl/α,β-unsaturated/α-hetero) is 1. The van der Waals surface area contributed by atoms with Crippen LogP contribution in [0.15, 0.2) is 48.8 Å². The van der Waals surface area contributed by atoms with E-state index in [2.05, 4.69) is 9.97 Å². The van der Waals surface area contributed by atoms with Crippen LogP contribution < -0.4 is 4.90 Å². The van der Waals surface area contributed by atoms with Gasteiger partial charge in [0, 0.05) is 24.1 Å². The van der Waals surface area contributed by atoms with Crippen LogP contribution in [0.2, 0.25) is 0 Å². The maximum Gasteiger partial charge on any atom is 0.164 e. The van der Waals surface area contributed by atoms with Crippen molar-refractivity contribution in [2.24, 2.45) is 0 Å². The fraction of sp³-hybridized carbons (Fsp3) is 0.125. The largest absolute Gasteiger partial charge is 0.341 e. The van der Waals surface area contributed by atoms with E-state index in [0.29, 0.717) is 5.56 Å². The molecule has 4 nitrogen and oxygen atoms in total. The zero-order valence-electron chi connectivity index (χ0n) is 11.4. The molecule has 0 radical (unpaired) electrons. The minimum atomic E-state index is 0.0493. The van der Waals surface area contributed by atoms with Gasteiger partial charge >= 0.3 is 0 Å². The number of H-pyrrole nitrogens is 1. The van der Waals surface area contributed by atoms with Gasteiger partial charge in [0.25, 0.3) is 0 Å². The molecule has 0 atom stereocenters. The van der Waals surface area contributed by atoms with Gasteiger partial charge in [0.1, 0.15) is 5.82 Å². The predicted molar refractivity (Wildman–Crippen MR) is 80.6 cm³/mol. The Hall–Kier alpha value is -2.62. The van der Waals surface area contributed by atoms with Crippen LogP contribution in [0.1, 0.15) is 17.3 Å². The zero-order valence-corrected chi connectivity index (χ0v) is 11.4. The number of benzene rings is 1. The van der Waals surface area contributed by atoms with Crippen molar-refractivity contribution in [3.05, 3.63) is 54.4 Å². The highest BCUT2D eigenvalue weighted by Crippen LogP contribution is 2.32. The summed E-state index contributed by atoms with van der Waals surface area (Å²) in [6.45, 7) is 1.59. The zero-order chi connectivity index (χ0) is 14.1. The molecule has 3 aromatic rings. The van der Waals surface area contributed by atoms with Crippen molar-refractivity contribution in [1.82, 2.24) is 9.97 Å². The lowest BCUT2D eigenvalue weighted by atomic mass is 10.1. The summed E-state index contributed by atoms with van der Waals surface area (Å²) >= 11 is 0. The number of nitrogens with one attached hydrogen (secondary N) is 1. The van der Waals surface area contributed by atoms with Crippen LogP contribution in [-0.4, -0.2) is 22.8 Å². The topological polar surface area (TPSA) is 49.0 Å². The molecule has 20 heavy (non-hydrogen) atoms. The van der Waals surface area contributed by atoms with Gasteiger partial charge in [-0.15, -0.1) is 0 Å². The number of anilines is 2. The molecule has 3 rings (SSSR count). The number of carbonyl (C=O) groups excluding carboxylic acids is 1. The van der Waals surface area contributed by atoms with Crippen molar-refractivity contribution >= 4 is 28.2 Å². The van der Waals surface area contributed by atoms with Gasteiger partial charge in [-0.05, 0) is 25.1 Å². The Bertz CT molecular complexity index is 762. The molecule has 0 unspecified atom stereocenters. The van der Waals surface area contributed by atoms with Gasteiger partial charge < -0.3 is 9.88 Å². The maximum atomic E-state index is 12.0. The van der Waals surface area contributed by atoms with E-state index in [1.165, 1.54) is 0 Å². The first kappa shape index (κ1) is 12.4. The van der Waals surface area contributed by atoms with E-state index >= 15 is 0 Å². The number of fused-ring (bicyclic) bond motifs is 1. The lowest BCUT2D eigenvalue weighted by Gasteiger charge is -2.18. The highest BCUT2D eigenvalue weighted by Gasteiger charge is 2.18. The Morgan fingerprint density at radius 2 is 2.00 bits per heavy atom. The van der Waals surface area contributed by atoms with Crippen LogP contribution in [0.25, 0.3) is 10.9 Å². The van der Waals surface area contributed by atoms with Gasteiger partial charge in [0.15, 0.2) is 5.78 Å². The summed E-state index contributed by atoms with van der Waals surface area (Å²) in [5, 5.41) is 0.950. The second-order valence-corrected chi connectivity index (χ2v) is 4.72. The lowest BCUT2D eigenvalue weighted by molar-refractivity contribution is 0.102. The Balaban J connectivity index is 2.21. The summed E-state index contributed by atoms with van der Waals surface area (Å²) < 4.78 is 0. The lowest BCUT2D eigenvalue weighted by Crippen LogP contribution is -2.13. The molecule has 0 saturated heterocycles. The number of nitrogens with zero attached hydrogens (tertiary/aromatic N) is 2. The van der Waals surface area contributed by atoms with Crippen LogP contribution in [0, 0.1) is 0 Å². The summed E-state index contributed by atoms with van der Waals surface area (Å²) in [4.78, 5) is 21.4. The number of hydrogen-bond donors (Lipinski definition) is 1. The first-order valence-corrected chi connectivity index (χ1v) is 6.44. The smallest absolute Gasteiger partial charge is 0.164 e. The second kappa shape index (κ2) is 4.81. The first-order chi connectivity index (χ1) is 9.68. The third-order valence-corrected chi connectivity index (χ3v) is 3.41. The highest BCUT2D eigenvalue weighted by molar-refractivity contribution is 6.12. The van der Waals surface area contributed by atoms with Crippen molar-refractivity contribution in [1.29, 1.82) is 0 Å². The highest BCUT2D eigenvalue weighted by atomic mass is 16.1. The van der Waals surface area contributed by atoms with E-state index in [1.54, 1.807) is 19.3 Å². The number of aromatic nitrogens is 2. The molecule has 0 aliphatic carbocycles. The molecule has 0 amide bonds. The summed E-state index contributed by atoms with van der Waals surface area (Å²) in [5.74, 6) is 0.847. The molecule has 1 N–H and O–H groups in total. The van der Waals surface area contributed by atoms with Gasteiger partial charge in [-0.2, -0.15) is 0 Å². The number of pyridine rings is 1. The molecule has 0 fully saturated rings. The number of ketones is 1. The summed E-state index contributed by atoms with van der Waals surface area (Å²) in [7, 11) is 1.92. The quantitative estimate of drug-likeness (QED) is 0.737. The average Bonchev–Trinajstić information content (AvgIpc) is 2.86. The fourth-order valence-corrected chi connectivity index (χ4v) is 2.42. The molecule has 2 heterocycles. The third-order valence-electron chi connectivity index (χ3n) is 3.41. The Morgan fingerprint density at radius 1 is 1.20 bits per heavy atom. The normalized spacial score (nSPS) is 10.7. The predicted octanol–water partition coefficient (Wildman–Crippen LogP) is 3.53. The van der Waals surface area contributed by atoms with Crippen molar-refractivity contribution in [2.75, 3.05) is 11.9 Å². The van der Waals surface area contributed by atoms with Crippen LogP contribution >= 0.6 is 0 Å². The minimum Gasteiger partial charge on any atom is -0.341 e. The van der Waals surface area contributed by atoms with Crippen molar-refractivity contribution in [2.45, 2.75) is 6.92 Å². The second-order valence-electron chi connectivity index (χ2n) is 4.72. The van der Waals surface area contributed by atoms with Crippen LogP contribution in [0.4, 0.5) is 11.5 Å². The van der Waals surface area contributed by atoms with Gasteiger partial charge in [0.05, 0.1) is 17.4 Å². The Morgan fingerprint density at radius 3 is 2.70 bits per heavy atom. The molecule has 0 aliphatic heterocycles. The van der Waals surface area contributed by atoms with Crippen LogP contribution in [0.3, 0.4) is 0 Å². The van der Waals surface area contributed by atoms with E-state index < -0.39 is 0 Å². The van der Waals surface area contributed by atoms with Crippen molar-refractivity contribution in [3.8, 4) is 0 Å². The van der Waals surface area contributed by atoms with E-state index in [-0.39, 0.29) is 5.78 Å². The van der Waals surface area contributed by atoms with Crippen molar-refractivity contribution in [3.63, 3.8) is 0 Å². The van der Waals surface area contributed by atoms with Gasteiger partial charge in [-0.1, -0.05) is 18.2 Å². The van der Waals surface area contributed by atoms with E-state index in [4.69, 9.17) is 0 Å². The number of aromatic amines is 1. The number of para-hydroxylation sites is 1. The van der Waals surface area contributed by atoms with Gasteiger partial charge in [0.2, 0.25) is 0 Å². The Labute approximate surface area is 117 Å². The molecule has 0 bridgehead atoms. The van der Waals surface area contributed by atoms with E-state index in [0.717, 1.165) is 22.4 Å². The molecule has 1 aromatic carbocycles. The van der Waals surface area contributed by atoms with Crippen molar-refractivity contribution < 1.29 is 4.79 Å². The SMILES string of the molecule is CC(=O)c1c(N(C)c2cccnc2)[nH]c2ccccc12. The maximum absolute atomic E-state index is 12.0. The standard InChI is InChI=1S/C16H15N3O/c1-11(20)15-13-7-3-4-8-14(13)18-16(15)19(2)12-6-5-9-17-10-12/h3-10,18H,1-2H3. The van der Waals surface area contributed by atoms with Crippen LogP contribution in [-0.2, 0) is 0 Å².